The molecule has 1 aliphatic rings. The highest BCUT2D eigenvalue weighted by Gasteiger charge is 2.28. The van der Waals surface area contributed by atoms with Crippen molar-refractivity contribution in [2.24, 2.45) is 11.7 Å². The quantitative estimate of drug-likeness (QED) is 0.900. The van der Waals surface area contributed by atoms with Crippen LogP contribution in [0.4, 0.5) is 5.69 Å². The van der Waals surface area contributed by atoms with Crippen LogP contribution in [0.25, 0.3) is 0 Å². The van der Waals surface area contributed by atoms with Gasteiger partial charge in [-0.05, 0) is 18.1 Å². The molecule has 1 aromatic carbocycles. The van der Waals surface area contributed by atoms with Gasteiger partial charge in [0.15, 0.2) is 0 Å². The van der Waals surface area contributed by atoms with Crippen LogP contribution in [0.15, 0.2) is 24.3 Å². The van der Waals surface area contributed by atoms with E-state index in [0.717, 1.165) is 30.9 Å². The summed E-state index contributed by atoms with van der Waals surface area (Å²) in [5.41, 5.74) is 7.16. The van der Waals surface area contributed by atoms with Gasteiger partial charge in [0.1, 0.15) is 5.75 Å². The molecule has 0 radical (unpaired) electrons. The van der Waals surface area contributed by atoms with Crippen LogP contribution in [0.5, 0.6) is 5.75 Å². The molecule has 1 heterocycles. The largest absolute Gasteiger partial charge is 0.495 e. The van der Waals surface area contributed by atoms with Gasteiger partial charge in [-0.2, -0.15) is 0 Å². The second-order valence-corrected chi connectivity index (χ2v) is 5.90. The summed E-state index contributed by atoms with van der Waals surface area (Å²) in [5, 5.41) is 0. The van der Waals surface area contributed by atoms with E-state index >= 15 is 0 Å². The molecule has 0 spiro atoms. The minimum absolute atomic E-state index is 0.0778. The highest BCUT2D eigenvalue weighted by atomic mass is 16.5. The molecule has 22 heavy (non-hydrogen) atoms. The van der Waals surface area contributed by atoms with Crippen LogP contribution in [0.3, 0.4) is 0 Å². The van der Waals surface area contributed by atoms with E-state index in [2.05, 4.69) is 17.9 Å². The molecule has 1 aromatic rings. The number of hydrogen-bond acceptors (Lipinski definition) is 4. The monoisotopic (exact) mass is 305 g/mol. The van der Waals surface area contributed by atoms with Crippen molar-refractivity contribution in [2.75, 3.05) is 38.2 Å². The summed E-state index contributed by atoms with van der Waals surface area (Å²) in [4.78, 5) is 16.6. The number of ether oxygens (including phenoxy) is 1. The van der Waals surface area contributed by atoms with Crippen LogP contribution in [0.2, 0.25) is 0 Å². The van der Waals surface area contributed by atoms with E-state index in [9.17, 15) is 4.79 Å². The Hall–Kier alpha value is -1.75. The molecule has 0 bridgehead atoms. The van der Waals surface area contributed by atoms with Crippen molar-refractivity contribution in [2.45, 2.75) is 26.3 Å². The van der Waals surface area contributed by atoms with E-state index in [1.807, 2.05) is 30.0 Å². The molecule has 2 atom stereocenters. The fourth-order valence-electron chi connectivity index (χ4n) is 2.77. The molecule has 0 aliphatic carbocycles. The number of carbonyl (C=O) groups is 1. The van der Waals surface area contributed by atoms with E-state index in [4.69, 9.17) is 10.5 Å². The molecule has 2 N–H and O–H groups in total. The van der Waals surface area contributed by atoms with Gasteiger partial charge < -0.3 is 20.3 Å². The molecule has 1 fully saturated rings. The number of hydrogen-bond donors (Lipinski definition) is 1. The minimum Gasteiger partial charge on any atom is -0.495 e. The number of para-hydroxylation sites is 2. The van der Waals surface area contributed by atoms with Gasteiger partial charge in [-0.25, -0.2) is 0 Å². The lowest BCUT2D eigenvalue weighted by Gasteiger charge is -2.38. The van der Waals surface area contributed by atoms with Crippen molar-refractivity contribution < 1.29 is 9.53 Å². The Bertz CT molecular complexity index is 498. The smallest absolute Gasteiger partial charge is 0.239 e. The van der Waals surface area contributed by atoms with Crippen LogP contribution in [0, 0.1) is 5.92 Å². The summed E-state index contributed by atoms with van der Waals surface area (Å²) in [6.07, 6.45) is 0.925. The average molecular weight is 305 g/mol. The zero-order valence-electron chi connectivity index (χ0n) is 13.8. The Morgan fingerprint density at radius 1 is 1.27 bits per heavy atom. The summed E-state index contributed by atoms with van der Waals surface area (Å²) >= 11 is 0. The zero-order chi connectivity index (χ0) is 16.1. The standard InChI is InChI=1S/C17H27N3O2/c1-4-13(2)16(18)17(21)20-11-9-19(10-12-20)14-7-5-6-8-15(14)22-3/h5-8,13,16H,4,9-12,18H2,1-3H3/t13?,16-/m0/s1. The van der Waals surface area contributed by atoms with Crippen LogP contribution in [-0.4, -0.2) is 50.1 Å². The van der Waals surface area contributed by atoms with Gasteiger partial charge in [-0.3, -0.25) is 4.79 Å². The second kappa shape index (κ2) is 7.49. The fraction of sp³-hybridized carbons (Fsp3) is 0.588. The van der Waals surface area contributed by atoms with E-state index < -0.39 is 0 Å². The predicted octanol–water partition coefficient (Wildman–Crippen LogP) is 1.72. The van der Waals surface area contributed by atoms with Crippen molar-refractivity contribution in [3.63, 3.8) is 0 Å². The predicted molar refractivity (Wildman–Crippen MR) is 89.2 cm³/mol. The summed E-state index contributed by atoms with van der Waals surface area (Å²) in [5.74, 6) is 1.17. The molecule has 5 heteroatoms. The Morgan fingerprint density at radius 3 is 2.50 bits per heavy atom. The Morgan fingerprint density at radius 2 is 1.91 bits per heavy atom. The maximum Gasteiger partial charge on any atom is 0.239 e. The number of methoxy groups -OCH3 is 1. The number of carbonyl (C=O) groups excluding carboxylic acids is 1. The lowest BCUT2D eigenvalue weighted by atomic mass is 9.98. The average Bonchev–Trinajstić information content (AvgIpc) is 2.59. The molecule has 1 amide bonds. The molecule has 122 valence electrons. The first-order valence-electron chi connectivity index (χ1n) is 8.00. The molecule has 0 saturated carbocycles. The van der Waals surface area contributed by atoms with Crippen molar-refractivity contribution in [3.8, 4) is 5.75 Å². The summed E-state index contributed by atoms with van der Waals surface area (Å²) < 4.78 is 5.41. The van der Waals surface area contributed by atoms with Gasteiger partial charge in [0.2, 0.25) is 5.91 Å². The maximum absolute atomic E-state index is 12.4. The molecule has 0 aromatic heterocycles. The minimum atomic E-state index is -0.386. The van der Waals surface area contributed by atoms with Gasteiger partial charge in [0, 0.05) is 26.2 Å². The fourth-order valence-corrected chi connectivity index (χ4v) is 2.77. The third kappa shape index (κ3) is 3.53. The third-order valence-electron chi connectivity index (χ3n) is 4.56. The Kier molecular flexibility index (Phi) is 5.66. The number of rotatable bonds is 5. The number of piperazine rings is 1. The molecule has 1 saturated heterocycles. The summed E-state index contributed by atoms with van der Waals surface area (Å²) in [6.45, 7) is 7.13. The van der Waals surface area contributed by atoms with Crippen molar-refractivity contribution in [3.05, 3.63) is 24.3 Å². The number of nitrogens with two attached hydrogens (primary N) is 1. The normalized spacial score (nSPS) is 18.0. The topological polar surface area (TPSA) is 58.8 Å². The molecule has 5 nitrogen and oxygen atoms in total. The van der Waals surface area contributed by atoms with Gasteiger partial charge in [-0.1, -0.05) is 32.4 Å². The third-order valence-corrected chi connectivity index (χ3v) is 4.56. The first kappa shape index (κ1) is 16.6. The molecule has 2 rings (SSSR count). The number of anilines is 1. The van der Waals surface area contributed by atoms with Crippen molar-refractivity contribution >= 4 is 11.6 Å². The van der Waals surface area contributed by atoms with E-state index in [0.29, 0.717) is 13.1 Å². The van der Waals surface area contributed by atoms with Gasteiger partial charge in [0.05, 0.1) is 18.8 Å². The number of amides is 1. The van der Waals surface area contributed by atoms with Crippen molar-refractivity contribution in [1.82, 2.24) is 4.90 Å². The van der Waals surface area contributed by atoms with Crippen LogP contribution >= 0.6 is 0 Å². The van der Waals surface area contributed by atoms with E-state index in [-0.39, 0.29) is 17.9 Å². The van der Waals surface area contributed by atoms with Crippen molar-refractivity contribution in [1.29, 1.82) is 0 Å². The van der Waals surface area contributed by atoms with Crippen LogP contribution < -0.4 is 15.4 Å². The number of nitrogens with zero attached hydrogens (tertiary/aromatic N) is 2. The van der Waals surface area contributed by atoms with Gasteiger partial charge in [-0.15, -0.1) is 0 Å². The van der Waals surface area contributed by atoms with Crippen LogP contribution in [-0.2, 0) is 4.79 Å². The number of benzene rings is 1. The maximum atomic E-state index is 12.4. The highest BCUT2D eigenvalue weighted by molar-refractivity contribution is 5.82. The van der Waals surface area contributed by atoms with E-state index in [1.54, 1.807) is 7.11 Å². The molecular formula is C17H27N3O2. The van der Waals surface area contributed by atoms with Gasteiger partial charge in [0.25, 0.3) is 0 Å². The molecule has 1 aliphatic heterocycles. The Balaban J connectivity index is 1.97. The lowest BCUT2D eigenvalue weighted by Crippen LogP contribution is -2.54. The van der Waals surface area contributed by atoms with E-state index in [1.165, 1.54) is 0 Å². The van der Waals surface area contributed by atoms with Crippen LogP contribution in [0.1, 0.15) is 20.3 Å². The second-order valence-electron chi connectivity index (χ2n) is 5.90. The summed E-state index contributed by atoms with van der Waals surface area (Å²) in [6, 6.07) is 7.61. The molecule has 1 unspecified atom stereocenters. The first-order valence-corrected chi connectivity index (χ1v) is 8.00. The zero-order valence-corrected chi connectivity index (χ0v) is 13.8. The van der Waals surface area contributed by atoms with Gasteiger partial charge >= 0.3 is 0 Å². The Labute approximate surface area is 133 Å². The molecular weight excluding hydrogens is 278 g/mol. The SMILES string of the molecule is CCC(C)[C@H](N)C(=O)N1CCN(c2ccccc2OC)CC1. The highest BCUT2D eigenvalue weighted by Crippen LogP contribution is 2.28. The lowest BCUT2D eigenvalue weighted by molar-refractivity contribution is -0.134. The summed E-state index contributed by atoms with van der Waals surface area (Å²) in [7, 11) is 1.68. The first-order chi connectivity index (χ1) is 10.6.